The van der Waals surface area contributed by atoms with E-state index in [9.17, 15) is 24.0 Å². The molecule has 0 unspecified atom stereocenters. The predicted octanol–water partition coefficient (Wildman–Crippen LogP) is 8.08. The molecule has 0 radical (unpaired) electrons. The van der Waals surface area contributed by atoms with Crippen molar-refractivity contribution in [3.63, 3.8) is 0 Å². The number of rotatable bonds is 14. The van der Waals surface area contributed by atoms with Gasteiger partial charge in [-0.05, 0) is 150 Å². The number of halogens is 1. The second-order valence-corrected chi connectivity index (χ2v) is 21.0. The second kappa shape index (κ2) is 26.8. The number of carbonyl (C=O) groups is 5. The van der Waals surface area contributed by atoms with E-state index in [1.807, 2.05) is 34.7 Å². The summed E-state index contributed by atoms with van der Waals surface area (Å²) in [5.41, 5.74) is 3.87. The molecule has 390 valence electrons. The van der Waals surface area contributed by atoms with Gasteiger partial charge in [-0.3, -0.25) is 31.6 Å². The van der Waals surface area contributed by atoms with Crippen LogP contribution in [0.1, 0.15) is 109 Å². The monoisotopic (exact) mass is 1100 g/mol. The van der Waals surface area contributed by atoms with Gasteiger partial charge in [0, 0.05) is 17.7 Å². The fourth-order valence-corrected chi connectivity index (χ4v) is 5.66. The van der Waals surface area contributed by atoms with Crippen LogP contribution in [0.25, 0.3) is 11.1 Å². The lowest BCUT2D eigenvalue weighted by Crippen LogP contribution is -2.47. The molecule has 0 saturated carbocycles. The molecule has 23 heteroatoms. The number of hydrogen-bond acceptors (Lipinski definition) is 17. The van der Waals surface area contributed by atoms with E-state index in [4.69, 9.17) is 43.6 Å². The van der Waals surface area contributed by atoms with E-state index >= 15 is 0 Å². The fraction of sp³-hybridized carbons (Fsp3) is 0.574. The van der Waals surface area contributed by atoms with E-state index in [0.717, 1.165) is 5.56 Å². The largest absolute Gasteiger partial charge is 0.491 e. The molecule has 0 aliphatic carbocycles. The molecule has 0 aliphatic heterocycles. The first-order valence-corrected chi connectivity index (χ1v) is 23.4. The van der Waals surface area contributed by atoms with Gasteiger partial charge in [-0.2, -0.15) is 0 Å². The molecule has 70 heavy (non-hydrogen) atoms. The minimum atomic E-state index is -0.871. The van der Waals surface area contributed by atoms with Crippen LogP contribution in [-0.4, -0.2) is 114 Å². The topological polar surface area (TPSA) is 282 Å². The number of nitrogens with one attached hydrogen (secondary N) is 5. The van der Waals surface area contributed by atoms with Crippen molar-refractivity contribution in [2.45, 2.75) is 138 Å². The Balaban J connectivity index is 2.59. The van der Waals surface area contributed by atoms with Crippen molar-refractivity contribution in [2.75, 3.05) is 39.5 Å². The number of amides is 5. The molecular weight excluding hydrogens is 1030 g/mol. The maximum absolute atomic E-state index is 12.8. The van der Waals surface area contributed by atoms with Crippen LogP contribution in [0.5, 0.6) is 17.2 Å². The Morgan fingerprint density at radius 3 is 1.26 bits per heavy atom. The van der Waals surface area contributed by atoms with Gasteiger partial charge in [0.1, 0.15) is 53.6 Å². The molecule has 7 N–H and O–H groups in total. The van der Waals surface area contributed by atoms with Crippen LogP contribution in [0.2, 0.25) is 0 Å². The summed E-state index contributed by atoms with van der Waals surface area (Å²) < 4.78 is 46.0. The summed E-state index contributed by atoms with van der Waals surface area (Å²) in [4.78, 5) is 76.2. The Morgan fingerprint density at radius 1 is 0.486 bits per heavy atom. The molecule has 0 spiro atoms. The van der Waals surface area contributed by atoms with Crippen molar-refractivity contribution in [1.29, 1.82) is 0 Å². The van der Waals surface area contributed by atoms with Crippen LogP contribution in [0.3, 0.4) is 0 Å². The number of alkyl carbamates (subject to hydrolysis) is 5. The van der Waals surface area contributed by atoms with Crippen molar-refractivity contribution in [3.8, 4) is 28.4 Å². The van der Waals surface area contributed by atoms with Gasteiger partial charge >= 0.3 is 30.5 Å². The Hall–Kier alpha value is -6.11. The molecule has 2 aromatic carbocycles. The van der Waals surface area contributed by atoms with Crippen molar-refractivity contribution in [3.05, 3.63) is 42.0 Å². The molecule has 5 amide bonds. The lowest BCUT2D eigenvalue weighted by molar-refractivity contribution is 0.0521. The number of carbonyl (C=O) groups excluding carboxylic acids is 5. The number of hydrogen-bond donors (Lipinski definition) is 6. The van der Waals surface area contributed by atoms with E-state index in [0.29, 0.717) is 20.7 Å². The summed E-state index contributed by atoms with van der Waals surface area (Å²) in [6, 6.07) is 10.6. The van der Waals surface area contributed by atoms with Crippen LogP contribution in [0.4, 0.5) is 24.0 Å². The summed E-state index contributed by atoms with van der Waals surface area (Å²) in [7, 11) is 0. The van der Waals surface area contributed by atoms with Crippen LogP contribution in [0, 0.1) is 0 Å². The van der Waals surface area contributed by atoms with Gasteiger partial charge in [0.15, 0.2) is 15.3 Å². The minimum Gasteiger partial charge on any atom is -0.491 e. The lowest BCUT2D eigenvalue weighted by atomic mass is 10.00. The third-order valence-corrected chi connectivity index (χ3v) is 8.07. The third kappa shape index (κ3) is 26.6. The molecule has 0 fully saturated rings. The summed E-state index contributed by atoms with van der Waals surface area (Å²) in [6.07, 6.45) is -4.11. The van der Waals surface area contributed by atoms with Gasteiger partial charge in [0.2, 0.25) is 11.9 Å². The molecule has 0 aliphatic rings. The van der Waals surface area contributed by atoms with Gasteiger partial charge < -0.3 is 43.6 Å². The fourth-order valence-electron chi connectivity index (χ4n) is 5.20. The number of nitrogens with two attached hydrogens (primary N) is 1. The van der Waals surface area contributed by atoms with E-state index in [1.54, 1.807) is 128 Å². The van der Waals surface area contributed by atoms with Crippen LogP contribution < -0.4 is 46.5 Å². The summed E-state index contributed by atoms with van der Waals surface area (Å²) >= 11 is 1.89. The van der Waals surface area contributed by atoms with Crippen LogP contribution >= 0.6 is 22.6 Å². The first-order valence-electron chi connectivity index (χ1n) is 22.3. The molecule has 22 nitrogen and oxygen atoms in total. The number of nitrogens with zero attached hydrogens (tertiary/aromatic N) is 3. The zero-order valence-electron chi connectivity index (χ0n) is 43.0. The number of amidine groups is 1. The Kier molecular flexibility index (Phi) is 22.9. The maximum atomic E-state index is 12.8. The highest BCUT2D eigenvalue weighted by molar-refractivity contribution is 14.1. The van der Waals surface area contributed by atoms with Crippen molar-refractivity contribution in [1.82, 2.24) is 26.6 Å². The Labute approximate surface area is 424 Å². The molecular formula is C47H72IN9O13. The molecule has 2 rings (SSSR count). The number of benzene rings is 2. The molecule has 0 heterocycles. The molecule has 2 aromatic rings. The Morgan fingerprint density at radius 2 is 0.857 bits per heavy atom. The van der Waals surface area contributed by atoms with E-state index in [1.165, 1.54) is 0 Å². The first kappa shape index (κ1) is 60.0. The molecule has 0 atom stereocenters. The van der Waals surface area contributed by atoms with Gasteiger partial charge in [0.05, 0.1) is 19.6 Å². The van der Waals surface area contributed by atoms with E-state index in [-0.39, 0.29) is 69.4 Å². The van der Waals surface area contributed by atoms with Crippen molar-refractivity contribution >= 4 is 68.8 Å². The quantitative estimate of drug-likeness (QED) is 0.0261. The summed E-state index contributed by atoms with van der Waals surface area (Å²) in [6.45, 7) is 25.5. The molecule has 0 aromatic heterocycles. The smallest absolute Gasteiger partial charge is 0.414 e. The van der Waals surface area contributed by atoms with Gasteiger partial charge in [0.25, 0.3) is 0 Å². The first-order chi connectivity index (χ1) is 32.2. The highest BCUT2D eigenvalue weighted by atomic mass is 127. The third-order valence-electron chi connectivity index (χ3n) is 7.46. The van der Waals surface area contributed by atoms with Crippen molar-refractivity contribution < 1.29 is 61.9 Å². The zero-order chi connectivity index (χ0) is 53.1. The summed E-state index contributed by atoms with van der Waals surface area (Å²) in [5, 5.41) is 12.4. The lowest BCUT2D eigenvalue weighted by Gasteiger charge is -2.22. The van der Waals surface area contributed by atoms with Crippen LogP contribution in [-0.2, 0) is 30.2 Å². The Bertz CT molecular complexity index is 2140. The average molecular weight is 1100 g/mol. The number of para-hydroxylation sites is 1. The van der Waals surface area contributed by atoms with Gasteiger partial charge in [-0.1, -0.05) is 18.2 Å². The zero-order valence-corrected chi connectivity index (χ0v) is 45.2. The maximum Gasteiger partial charge on any atom is 0.414 e. The number of ether oxygens (including phenoxy) is 8. The molecule has 0 bridgehead atoms. The van der Waals surface area contributed by atoms with E-state index < -0.39 is 58.5 Å². The minimum absolute atomic E-state index is 0.0932. The van der Waals surface area contributed by atoms with Crippen LogP contribution in [0.15, 0.2) is 51.4 Å². The normalized spacial score (nSPS) is 12.0. The predicted molar refractivity (Wildman–Crippen MR) is 274 cm³/mol. The second-order valence-electron chi connectivity index (χ2n) is 20.0. The van der Waals surface area contributed by atoms with Gasteiger partial charge in [-0.15, -0.1) is 0 Å². The number of aliphatic imine (C=N–C) groups is 3. The standard InChI is InChI=1S/C47H72IN9O13/c1-43(2,3)66-38(58)53-35(48)50-21-24-63-32-20-19-29(28-49)27-31(32)30-17-16-18-33(64-25-22-51-36(54-39(59)67-44(4,5)6)55-40(60)68-45(7,8)9)34(30)65-26-23-52-37(56-41(61)69-46(10,11)12)57-42(62)70-47(13,14)15/h16-20,27H,21-26,28,49H2,1-15H3,(H,50,53,58)(H2,51,54,55,59,60)(H2,52,56,57,61,62). The van der Waals surface area contributed by atoms with Gasteiger partial charge in [-0.25, -0.2) is 34.0 Å². The SMILES string of the molecule is CC(C)(C)OC(=O)NC(I)=NCCOc1ccc(CN)cc1-c1cccc(OCCN=C(NC(=O)OC(C)(C)C)NC(=O)OC(C)(C)C)c1OCCN=C(NC(=O)OC(C)(C)C)NC(=O)OC(C)(C)C. The highest BCUT2D eigenvalue weighted by Crippen LogP contribution is 2.42. The van der Waals surface area contributed by atoms with E-state index in [2.05, 4.69) is 41.6 Å². The molecule has 0 saturated heterocycles. The average Bonchev–Trinajstić information content (AvgIpc) is 3.16. The summed E-state index contributed by atoms with van der Waals surface area (Å²) in [5.74, 6) is 0.412. The highest BCUT2D eigenvalue weighted by Gasteiger charge is 2.24. The van der Waals surface area contributed by atoms with Crippen molar-refractivity contribution in [2.24, 2.45) is 20.7 Å². The number of guanidine groups is 2.